The van der Waals surface area contributed by atoms with Gasteiger partial charge in [-0.15, -0.1) is 0 Å². The van der Waals surface area contributed by atoms with Crippen molar-refractivity contribution in [3.8, 4) is 0 Å². The Morgan fingerprint density at radius 2 is 1.86 bits per heavy atom. The van der Waals surface area contributed by atoms with Gasteiger partial charge in [0, 0.05) is 42.9 Å². The highest BCUT2D eigenvalue weighted by molar-refractivity contribution is 5.87. The lowest BCUT2D eigenvalue weighted by Gasteiger charge is -2.35. The fourth-order valence-corrected chi connectivity index (χ4v) is 4.02. The van der Waals surface area contributed by atoms with Gasteiger partial charge in [-0.3, -0.25) is 19.1 Å². The van der Waals surface area contributed by atoms with Crippen LogP contribution in [0.15, 0.2) is 54.5 Å². The third-order valence-electron chi connectivity index (χ3n) is 5.51. The van der Waals surface area contributed by atoms with Crippen LogP contribution in [0.2, 0.25) is 0 Å². The molecular formula is C22H25N2O4+. The summed E-state index contributed by atoms with van der Waals surface area (Å²) in [7, 11) is 1.37. The second kappa shape index (κ2) is 8.35. The van der Waals surface area contributed by atoms with E-state index < -0.39 is 5.97 Å². The van der Waals surface area contributed by atoms with Crippen LogP contribution in [0.5, 0.6) is 0 Å². The van der Waals surface area contributed by atoms with E-state index >= 15 is 0 Å². The fourth-order valence-electron chi connectivity index (χ4n) is 4.02. The lowest BCUT2D eigenvalue weighted by molar-refractivity contribution is -0.140. The van der Waals surface area contributed by atoms with E-state index in [9.17, 15) is 14.7 Å². The highest BCUT2D eigenvalue weighted by Crippen LogP contribution is 2.46. The Bertz CT molecular complexity index is 908. The van der Waals surface area contributed by atoms with Crippen LogP contribution in [0, 0.1) is 0 Å². The molecule has 1 atom stereocenters. The van der Waals surface area contributed by atoms with Gasteiger partial charge in [0.1, 0.15) is 11.4 Å². The van der Waals surface area contributed by atoms with Gasteiger partial charge < -0.3 is 9.84 Å². The molecule has 1 unspecified atom stereocenters. The summed E-state index contributed by atoms with van der Waals surface area (Å²) in [6.07, 6.45) is 4.55. The molecule has 3 rings (SSSR count). The number of nitrogens with zero attached hydrogens (tertiary/aromatic N) is 2. The molecule has 0 spiro atoms. The predicted octanol–water partition coefficient (Wildman–Crippen LogP) is 3.41. The number of hydrogen-bond acceptors (Lipinski definition) is 4. The maximum atomic E-state index is 11.9. The van der Waals surface area contributed by atoms with Crippen LogP contribution in [0.4, 0.5) is 5.69 Å². The van der Waals surface area contributed by atoms with Crippen LogP contribution in [-0.4, -0.2) is 42.2 Å². The number of aliphatic carboxylic acids is 1. The van der Waals surface area contributed by atoms with Gasteiger partial charge in [-0.05, 0) is 17.7 Å². The Balaban J connectivity index is 2.07. The smallest absolute Gasteiger partial charge is 0.311 e. The summed E-state index contributed by atoms with van der Waals surface area (Å²) in [4.78, 5) is 27.4. The van der Waals surface area contributed by atoms with E-state index in [4.69, 9.17) is 4.74 Å². The van der Waals surface area contributed by atoms with Crippen LogP contribution < -0.4 is 4.48 Å². The number of para-hydroxylation sites is 1. The third-order valence-corrected chi connectivity index (χ3v) is 5.51. The third kappa shape index (κ3) is 3.82. The molecule has 0 aliphatic carbocycles. The van der Waals surface area contributed by atoms with Crippen molar-refractivity contribution in [1.82, 2.24) is 9.47 Å². The first-order chi connectivity index (χ1) is 13.5. The average Bonchev–Trinajstić information content (AvgIpc) is 2.94. The quantitative estimate of drug-likeness (QED) is 0.560. The number of fused-ring (bicyclic) bond motifs is 1. The Kier molecular flexibility index (Phi) is 5.90. The van der Waals surface area contributed by atoms with Crippen LogP contribution in [0.3, 0.4) is 0 Å². The summed E-state index contributed by atoms with van der Waals surface area (Å²) < 4.78 is 5.20. The van der Waals surface area contributed by atoms with E-state index in [1.54, 1.807) is 6.20 Å². The van der Waals surface area contributed by atoms with E-state index in [1.165, 1.54) is 12.7 Å². The Labute approximate surface area is 164 Å². The molecule has 0 radical (unpaired) electrons. The van der Waals surface area contributed by atoms with E-state index in [1.807, 2.05) is 43.5 Å². The molecule has 1 N–H and O–H groups in total. The van der Waals surface area contributed by atoms with Crippen LogP contribution in [0.1, 0.15) is 30.9 Å². The van der Waals surface area contributed by atoms with E-state index in [2.05, 4.69) is 11.1 Å². The van der Waals surface area contributed by atoms with Gasteiger partial charge in [0.2, 0.25) is 0 Å². The van der Waals surface area contributed by atoms with Gasteiger partial charge in [-0.25, -0.2) is 0 Å². The maximum Gasteiger partial charge on any atom is 0.311 e. The molecule has 0 bridgehead atoms. The number of ether oxygens (including phenoxy) is 1. The Morgan fingerprint density at radius 3 is 2.54 bits per heavy atom. The number of hydrogen-bond donors (Lipinski definition) is 1. The van der Waals surface area contributed by atoms with Gasteiger partial charge in [0.25, 0.3) is 0 Å². The number of quaternary nitrogens is 1. The van der Waals surface area contributed by atoms with Crippen LogP contribution in [-0.2, 0) is 20.7 Å². The van der Waals surface area contributed by atoms with E-state index in [0.29, 0.717) is 24.0 Å². The summed E-state index contributed by atoms with van der Waals surface area (Å²) in [5.41, 5.74) is 5.50. The number of aromatic nitrogens is 1. The fraction of sp³-hybridized carbons (Fsp3) is 0.318. The zero-order chi connectivity index (χ0) is 20.1. The largest absolute Gasteiger partial charge is 0.481 e. The van der Waals surface area contributed by atoms with E-state index in [0.717, 1.165) is 22.5 Å². The molecule has 6 nitrogen and oxygen atoms in total. The van der Waals surface area contributed by atoms with Gasteiger partial charge in [0.15, 0.2) is 0 Å². The number of methoxy groups -OCH3 is 1. The second-order valence-corrected chi connectivity index (χ2v) is 7.00. The number of carboxylic acids is 1. The summed E-state index contributed by atoms with van der Waals surface area (Å²) in [6, 6.07) is 12.0. The van der Waals surface area contributed by atoms with Crippen molar-refractivity contribution in [3.63, 3.8) is 0 Å². The molecule has 0 saturated carbocycles. The lowest BCUT2D eigenvalue weighted by Crippen LogP contribution is -2.49. The maximum absolute atomic E-state index is 11.9. The van der Waals surface area contributed by atoms with Gasteiger partial charge in [-0.2, -0.15) is 0 Å². The molecule has 1 aromatic carbocycles. The van der Waals surface area contributed by atoms with Crippen molar-refractivity contribution in [2.45, 2.75) is 26.2 Å². The van der Waals surface area contributed by atoms with Crippen molar-refractivity contribution in [1.29, 1.82) is 0 Å². The monoisotopic (exact) mass is 381 g/mol. The van der Waals surface area contributed by atoms with Crippen molar-refractivity contribution in [3.05, 3.63) is 65.6 Å². The second-order valence-electron chi connectivity index (χ2n) is 7.00. The summed E-state index contributed by atoms with van der Waals surface area (Å²) in [5.74, 6) is -1.14. The minimum Gasteiger partial charge on any atom is -0.481 e. The first-order valence-corrected chi connectivity index (χ1v) is 9.33. The lowest BCUT2D eigenvalue weighted by atomic mass is 9.99. The first-order valence-electron chi connectivity index (χ1n) is 9.33. The highest BCUT2D eigenvalue weighted by Gasteiger charge is 2.43. The molecule has 28 heavy (non-hydrogen) atoms. The zero-order valence-electron chi connectivity index (χ0n) is 16.2. The van der Waals surface area contributed by atoms with Crippen LogP contribution in [0.25, 0.3) is 5.57 Å². The number of carbonyl (C=O) groups excluding carboxylic acids is 1. The molecular weight excluding hydrogens is 356 g/mol. The zero-order valence-corrected chi connectivity index (χ0v) is 16.2. The van der Waals surface area contributed by atoms with Gasteiger partial charge in [0.05, 0.1) is 33.0 Å². The van der Waals surface area contributed by atoms with Crippen LogP contribution >= 0.6 is 0 Å². The molecule has 0 saturated heterocycles. The van der Waals surface area contributed by atoms with Crippen molar-refractivity contribution in [2.75, 3.05) is 20.2 Å². The molecule has 1 aliphatic rings. The highest BCUT2D eigenvalue weighted by atomic mass is 16.5. The molecule has 0 fully saturated rings. The number of carbonyl (C=O) groups is 2. The number of allylic oxidation sites excluding steroid dienone is 2. The standard InChI is InChI=1S/C22H24N2O4/c1-16-19(14-17-6-5-11-23-15-17)18-7-3-4-8-20(18)24(16,12-9-21(25)26)13-10-22(27)28-2/h3-8,11,15H,9-10,12-14H2,1-2H3/p+1. The summed E-state index contributed by atoms with van der Waals surface area (Å²) in [6.45, 7) is 2.91. The minimum absolute atomic E-state index is 0.0209. The molecule has 6 heteroatoms. The summed E-state index contributed by atoms with van der Waals surface area (Å²) in [5, 5.41) is 9.32. The number of pyridine rings is 1. The molecule has 1 aromatic heterocycles. The molecule has 1 aliphatic heterocycles. The molecule has 0 amide bonds. The first kappa shape index (κ1) is 19.8. The normalized spacial score (nSPS) is 18.1. The Hall–Kier alpha value is -2.99. The number of rotatable bonds is 8. The number of esters is 1. The minimum atomic E-state index is -0.846. The molecule has 2 aromatic rings. The van der Waals surface area contributed by atoms with E-state index in [-0.39, 0.29) is 18.8 Å². The van der Waals surface area contributed by atoms with Gasteiger partial charge in [-0.1, -0.05) is 18.2 Å². The Morgan fingerprint density at radius 1 is 1.11 bits per heavy atom. The predicted molar refractivity (Wildman–Crippen MR) is 107 cm³/mol. The van der Waals surface area contributed by atoms with Crippen molar-refractivity contribution < 1.29 is 19.4 Å². The average molecular weight is 381 g/mol. The topological polar surface area (TPSA) is 76.5 Å². The summed E-state index contributed by atoms with van der Waals surface area (Å²) >= 11 is 0. The molecule has 146 valence electrons. The van der Waals surface area contributed by atoms with Gasteiger partial charge >= 0.3 is 11.9 Å². The molecule has 2 heterocycles. The number of benzene rings is 1. The SMILES string of the molecule is COC(=O)CC[N+]1(CCC(=O)O)C(C)=C(Cc2cccnc2)c2ccccc21. The van der Waals surface area contributed by atoms with Crippen molar-refractivity contribution >= 4 is 23.2 Å². The number of carboxylic acid groups (broad SMARTS) is 1. The van der Waals surface area contributed by atoms with Crippen molar-refractivity contribution in [2.24, 2.45) is 0 Å².